The van der Waals surface area contributed by atoms with Crippen molar-refractivity contribution in [2.45, 2.75) is 76.4 Å². The molecular formula is C27H33F2N7O. The number of alkyl halides is 2. The fraction of sp³-hybridized carbons (Fsp3) is 0.556. The van der Waals surface area contributed by atoms with E-state index in [-0.39, 0.29) is 36.5 Å². The van der Waals surface area contributed by atoms with E-state index >= 15 is 0 Å². The average Bonchev–Trinajstić information content (AvgIpc) is 3.33. The molecule has 1 saturated carbocycles. The Labute approximate surface area is 215 Å². The summed E-state index contributed by atoms with van der Waals surface area (Å²) in [6.07, 6.45) is 5.36. The van der Waals surface area contributed by atoms with E-state index in [1.54, 1.807) is 36.1 Å². The van der Waals surface area contributed by atoms with Gasteiger partial charge in [0, 0.05) is 62.6 Å². The van der Waals surface area contributed by atoms with E-state index in [1.165, 1.54) is 4.68 Å². The quantitative estimate of drug-likeness (QED) is 0.478. The first-order chi connectivity index (χ1) is 17.7. The molecule has 0 radical (unpaired) electrons. The van der Waals surface area contributed by atoms with Gasteiger partial charge in [0.25, 0.3) is 11.5 Å². The van der Waals surface area contributed by atoms with Crippen molar-refractivity contribution in [3.05, 3.63) is 57.9 Å². The summed E-state index contributed by atoms with van der Waals surface area (Å²) in [5.41, 5.74) is 3.46. The van der Waals surface area contributed by atoms with E-state index in [9.17, 15) is 13.6 Å². The van der Waals surface area contributed by atoms with Crippen molar-refractivity contribution < 1.29 is 8.78 Å². The van der Waals surface area contributed by atoms with Crippen LogP contribution in [0.2, 0.25) is 0 Å². The molecule has 0 spiro atoms. The molecule has 0 amide bonds. The molecular weight excluding hydrogens is 476 g/mol. The first-order valence-electron chi connectivity index (χ1n) is 13.0. The molecule has 0 bridgehead atoms. The van der Waals surface area contributed by atoms with Gasteiger partial charge in [-0.1, -0.05) is 19.9 Å². The van der Waals surface area contributed by atoms with Crippen molar-refractivity contribution in [3.63, 3.8) is 0 Å². The van der Waals surface area contributed by atoms with Crippen molar-refractivity contribution in [1.29, 1.82) is 5.26 Å². The zero-order valence-corrected chi connectivity index (χ0v) is 21.7. The Balaban J connectivity index is 1.44. The van der Waals surface area contributed by atoms with E-state index < -0.39 is 11.8 Å². The lowest BCUT2D eigenvalue weighted by Crippen LogP contribution is -2.59. The zero-order valence-electron chi connectivity index (χ0n) is 21.7. The highest BCUT2D eigenvalue weighted by atomic mass is 19.3. The highest BCUT2D eigenvalue weighted by Gasteiger charge is 2.58. The van der Waals surface area contributed by atoms with Gasteiger partial charge in [-0.25, -0.2) is 23.0 Å². The summed E-state index contributed by atoms with van der Waals surface area (Å²) in [6, 6.07) is 7.91. The van der Waals surface area contributed by atoms with Gasteiger partial charge in [-0.3, -0.25) is 14.7 Å². The molecule has 3 aromatic heterocycles. The third-order valence-corrected chi connectivity index (χ3v) is 8.09. The summed E-state index contributed by atoms with van der Waals surface area (Å²) in [5, 5.41) is 9.16. The summed E-state index contributed by atoms with van der Waals surface area (Å²) in [6.45, 7) is 7.95. The number of piperazine rings is 1. The van der Waals surface area contributed by atoms with Gasteiger partial charge in [-0.15, -0.1) is 0 Å². The summed E-state index contributed by atoms with van der Waals surface area (Å²) in [5.74, 6) is -3.37. The topological polar surface area (TPSA) is 82.5 Å². The van der Waals surface area contributed by atoms with E-state index in [0.717, 1.165) is 37.2 Å². The zero-order chi connectivity index (χ0) is 26.5. The van der Waals surface area contributed by atoms with E-state index in [4.69, 9.17) is 10.2 Å². The minimum atomic E-state index is -2.62. The van der Waals surface area contributed by atoms with Gasteiger partial charge in [0.2, 0.25) is 0 Å². The number of nitriles is 1. The van der Waals surface area contributed by atoms with Gasteiger partial charge in [-0.05, 0) is 31.4 Å². The van der Waals surface area contributed by atoms with E-state index in [1.807, 2.05) is 6.07 Å². The number of aromatic nitrogens is 4. The number of imidazole rings is 1. The second kappa shape index (κ2) is 9.53. The first kappa shape index (κ1) is 25.3. The molecule has 5 rings (SSSR count). The van der Waals surface area contributed by atoms with Gasteiger partial charge in [0.05, 0.1) is 36.0 Å². The van der Waals surface area contributed by atoms with Crippen LogP contribution in [0, 0.1) is 11.3 Å². The Bertz CT molecular complexity index is 1390. The molecule has 2 unspecified atom stereocenters. The minimum Gasteiger partial charge on any atom is -0.362 e. The molecule has 2 aliphatic rings. The summed E-state index contributed by atoms with van der Waals surface area (Å²) in [4.78, 5) is 26.7. The SMILES string of the molecule is CC[C@H]1CN(C(C)c2ccc(C3CC3(F)F)nc2)[C@H](CC)CN1c1cc(=O)n(C)n2cc(CC#N)nc12. The molecule has 196 valence electrons. The average molecular weight is 510 g/mol. The fourth-order valence-corrected chi connectivity index (χ4v) is 5.63. The Morgan fingerprint density at radius 1 is 1.22 bits per heavy atom. The molecule has 4 atom stereocenters. The van der Waals surface area contributed by atoms with Crippen LogP contribution < -0.4 is 10.5 Å². The van der Waals surface area contributed by atoms with Crippen LogP contribution in [0.1, 0.15) is 68.9 Å². The lowest BCUT2D eigenvalue weighted by Gasteiger charge is -2.49. The molecule has 8 nitrogen and oxygen atoms in total. The van der Waals surface area contributed by atoms with E-state index in [2.05, 4.69) is 41.6 Å². The summed E-state index contributed by atoms with van der Waals surface area (Å²) < 4.78 is 30.2. The third-order valence-electron chi connectivity index (χ3n) is 8.09. The van der Waals surface area contributed by atoms with Crippen molar-refractivity contribution in [2.75, 3.05) is 18.0 Å². The number of hydrogen-bond acceptors (Lipinski definition) is 6. The number of pyridine rings is 1. The molecule has 3 aromatic rings. The standard InChI is InChI=1S/C27H33F2N7O/c1-5-20-16-35(24-11-25(37)33(4)36-14-19(9-10-30)32-26(24)36)21(6-2)15-34(20)17(3)18-7-8-23(31-13-18)22-12-27(22,28)29/h7-8,11,13-14,17,20-22H,5-6,9,12,15-16H2,1-4H3/t17?,20-,21+,22?/m1/s1. The van der Waals surface area contributed by atoms with Crippen LogP contribution in [0.5, 0.6) is 0 Å². The van der Waals surface area contributed by atoms with Gasteiger partial charge in [0.15, 0.2) is 5.65 Å². The van der Waals surface area contributed by atoms with Crippen LogP contribution >= 0.6 is 0 Å². The Hall–Kier alpha value is -3.32. The number of nitrogens with zero attached hydrogens (tertiary/aromatic N) is 7. The number of hydrogen-bond donors (Lipinski definition) is 0. The monoisotopic (exact) mass is 509 g/mol. The van der Waals surface area contributed by atoms with Crippen LogP contribution in [-0.2, 0) is 13.5 Å². The summed E-state index contributed by atoms with van der Waals surface area (Å²) >= 11 is 0. The molecule has 1 aliphatic heterocycles. The highest BCUT2D eigenvalue weighted by molar-refractivity contribution is 5.69. The number of halogens is 2. The molecule has 10 heteroatoms. The molecule has 0 aromatic carbocycles. The normalized spacial score (nSPS) is 24.2. The van der Waals surface area contributed by atoms with Crippen molar-refractivity contribution in [2.24, 2.45) is 7.05 Å². The maximum absolute atomic E-state index is 13.5. The molecule has 4 heterocycles. The van der Waals surface area contributed by atoms with Gasteiger partial charge in [0.1, 0.15) is 0 Å². The van der Waals surface area contributed by atoms with Crippen LogP contribution in [-0.4, -0.2) is 55.2 Å². The van der Waals surface area contributed by atoms with Gasteiger partial charge < -0.3 is 4.90 Å². The second-order valence-electron chi connectivity index (χ2n) is 10.3. The van der Waals surface area contributed by atoms with Crippen LogP contribution in [0.15, 0.2) is 35.4 Å². The largest absolute Gasteiger partial charge is 0.362 e. The molecule has 37 heavy (non-hydrogen) atoms. The number of aryl methyl sites for hydroxylation is 1. The van der Waals surface area contributed by atoms with E-state index in [0.29, 0.717) is 17.0 Å². The lowest BCUT2D eigenvalue weighted by molar-refractivity contribution is 0.101. The van der Waals surface area contributed by atoms with Crippen LogP contribution in [0.3, 0.4) is 0 Å². The second-order valence-corrected chi connectivity index (χ2v) is 10.3. The number of anilines is 1. The predicted octanol–water partition coefficient (Wildman–Crippen LogP) is 4.06. The molecule has 2 fully saturated rings. The fourth-order valence-electron chi connectivity index (χ4n) is 5.63. The maximum Gasteiger partial charge on any atom is 0.267 e. The van der Waals surface area contributed by atoms with Crippen molar-refractivity contribution in [3.8, 4) is 6.07 Å². The smallest absolute Gasteiger partial charge is 0.267 e. The third kappa shape index (κ3) is 4.50. The minimum absolute atomic E-state index is 0.0692. The molecule has 0 N–H and O–H groups in total. The van der Waals surface area contributed by atoms with Gasteiger partial charge in [-0.2, -0.15) is 5.26 Å². The lowest BCUT2D eigenvalue weighted by atomic mass is 9.97. The highest BCUT2D eigenvalue weighted by Crippen LogP contribution is 2.55. The first-order valence-corrected chi connectivity index (χ1v) is 13.0. The summed E-state index contributed by atoms with van der Waals surface area (Å²) in [7, 11) is 1.70. The molecule has 1 saturated heterocycles. The Kier molecular flexibility index (Phi) is 6.52. The number of rotatable bonds is 7. The Morgan fingerprint density at radius 3 is 2.54 bits per heavy atom. The van der Waals surface area contributed by atoms with Crippen LogP contribution in [0.25, 0.3) is 5.65 Å². The van der Waals surface area contributed by atoms with Crippen molar-refractivity contribution >= 4 is 11.3 Å². The van der Waals surface area contributed by atoms with Crippen molar-refractivity contribution in [1.82, 2.24) is 24.1 Å². The molecule has 1 aliphatic carbocycles. The van der Waals surface area contributed by atoms with Crippen LogP contribution in [0.4, 0.5) is 14.5 Å². The number of fused-ring (bicyclic) bond motifs is 1. The van der Waals surface area contributed by atoms with Gasteiger partial charge >= 0.3 is 0 Å². The Morgan fingerprint density at radius 2 is 1.95 bits per heavy atom. The maximum atomic E-state index is 13.5. The predicted molar refractivity (Wildman–Crippen MR) is 137 cm³/mol.